The molecule has 0 saturated heterocycles. The number of quaternary nitrogens is 1. The number of aromatic nitrogens is 11. The molecule has 3 amide bonds. The number of rotatable bonds is 27. The van der Waals surface area contributed by atoms with E-state index < -0.39 is 132 Å². The number of carboxylic acids is 3. The molecule has 1 saturated carbocycles. The molecule has 7 aromatic rings. The monoisotopic (exact) mass is 1890 g/mol. The number of nitrogen functional groups attached to an aromatic ring is 1. The third-order valence-corrected chi connectivity index (χ3v) is 18.2. The Hall–Kier alpha value is -11.7. The van der Waals surface area contributed by atoms with Gasteiger partial charge in [0.25, 0.3) is 11.5 Å². The molecule has 0 bridgehead atoms. The molecule has 10 rings (SSSR count). The number of fused-ring (bicyclic) bond motifs is 3. The fraction of sp³-hybridized carbons (Fsp3) is 0.436. The third kappa shape index (κ3) is 36.4. The first-order valence-electron chi connectivity index (χ1n) is 37.8. The van der Waals surface area contributed by atoms with Gasteiger partial charge in [0.2, 0.25) is 17.8 Å². The number of nitrogens with two attached hydrogens (primary N) is 2. The number of aryl methyl sites for hydroxylation is 4. The van der Waals surface area contributed by atoms with Crippen molar-refractivity contribution in [2.24, 2.45) is 11.1 Å². The number of H-pyrrole nitrogens is 2. The number of aldehydes is 1. The lowest BCUT2D eigenvalue weighted by molar-refractivity contribution is -0.870. The van der Waals surface area contributed by atoms with E-state index in [0.717, 1.165) is 22.2 Å². The zero-order valence-electron chi connectivity index (χ0n) is 70.9. The van der Waals surface area contributed by atoms with Crippen molar-refractivity contribution in [3.63, 3.8) is 0 Å². The Bertz CT molecular complexity index is 5200. The molecule has 51 heteroatoms. The van der Waals surface area contributed by atoms with Crippen LogP contribution in [0.1, 0.15) is 109 Å². The Morgan fingerprint density at radius 1 is 0.674 bits per heavy atom. The number of carboxylic acid groups (broad SMARTS) is 3. The Morgan fingerprint density at radius 2 is 1.22 bits per heavy atom. The van der Waals surface area contributed by atoms with Gasteiger partial charge in [0.15, 0.2) is 29.0 Å². The Morgan fingerprint density at radius 3 is 1.69 bits per heavy atom. The molecule has 714 valence electrons. The Kier molecular flexibility index (Phi) is 50.8. The number of carbonyl (C=O) groups excluding carboxylic acids is 4. The Labute approximate surface area is 752 Å². The average Bonchev–Trinajstić information content (AvgIpc) is 0.751. The van der Waals surface area contributed by atoms with Crippen molar-refractivity contribution < 1.29 is 158 Å². The fourth-order valence-corrected chi connectivity index (χ4v) is 10.4. The van der Waals surface area contributed by atoms with Crippen molar-refractivity contribution in [2.75, 3.05) is 65.1 Å². The zero-order chi connectivity index (χ0) is 95.5. The van der Waals surface area contributed by atoms with Gasteiger partial charge in [0, 0.05) is 71.1 Å². The van der Waals surface area contributed by atoms with E-state index in [9.17, 15) is 78.6 Å². The van der Waals surface area contributed by atoms with Crippen molar-refractivity contribution in [3.05, 3.63) is 172 Å². The summed E-state index contributed by atoms with van der Waals surface area (Å²) in [4.78, 5) is 148. The number of hydrogen-bond acceptors (Lipinski definition) is 38. The molecule has 129 heavy (non-hydrogen) atoms. The van der Waals surface area contributed by atoms with Gasteiger partial charge in [0.1, 0.15) is 85.1 Å². The minimum atomic E-state index is -1.64. The molecule has 2 aromatic carbocycles. The molecule has 2 aliphatic heterocycles. The van der Waals surface area contributed by atoms with Crippen LogP contribution in [0.15, 0.2) is 93.9 Å². The number of aromatic amines is 2. The number of likely N-dealkylation sites (N-methyl/N-ethyl adjacent to an activating group) is 1. The van der Waals surface area contributed by atoms with Gasteiger partial charge in [-0.15, -0.1) is 24.8 Å². The molecule has 48 nitrogen and oxygen atoms in total. The maximum absolute atomic E-state index is 12.3. The van der Waals surface area contributed by atoms with Crippen molar-refractivity contribution in [3.8, 4) is 23.0 Å². The molecule has 30 N–H and O–H groups in total. The van der Waals surface area contributed by atoms with E-state index in [1.165, 1.54) is 55.3 Å². The van der Waals surface area contributed by atoms with Crippen LogP contribution in [0.2, 0.25) is 0 Å². The van der Waals surface area contributed by atoms with Crippen molar-refractivity contribution >= 4 is 101 Å². The summed E-state index contributed by atoms with van der Waals surface area (Å²) in [5.74, 6) is -5.54. The van der Waals surface area contributed by atoms with E-state index in [1.807, 2.05) is 13.8 Å². The van der Waals surface area contributed by atoms with Gasteiger partial charge in [-0.25, -0.2) is 24.5 Å². The minimum Gasteiger partial charge on any atom is -1.00 e. The summed E-state index contributed by atoms with van der Waals surface area (Å²) < 4.78 is 2.25. The lowest BCUT2D eigenvalue weighted by Gasteiger charge is -2.39. The highest BCUT2D eigenvalue weighted by Gasteiger charge is 2.47. The number of aromatic hydroxyl groups is 2. The summed E-state index contributed by atoms with van der Waals surface area (Å²) in [7, 11) is 6.16. The normalized spacial score (nSPS) is 15.9. The number of amides is 3. The number of hydrogen-bond donors (Lipinski definition) is 28. The van der Waals surface area contributed by atoms with E-state index in [0.29, 0.717) is 62.3 Å². The summed E-state index contributed by atoms with van der Waals surface area (Å²) in [6, 6.07) is 11.7. The second kappa shape index (κ2) is 55.9. The van der Waals surface area contributed by atoms with Gasteiger partial charge in [-0.1, -0.05) is 13.8 Å². The zero-order valence-corrected chi connectivity index (χ0v) is 73.3. The lowest BCUT2D eigenvalue weighted by atomic mass is 9.85. The molecule has 0 spiro atoms. The summed E-state index contributed by atoms with van der Waals surface area (Å²) in [6.45, 7) is 9.19. The van der Waals surface area contributed by atoms with Crippen molar-refractivity contribution in [2.45, 2.75) is 161 Å². The van der Waals surface area contributed by atoms with Crippen LogP contribution in [0.4, 0.5) is 11.6 Å². The van der Waals surface area contributed by atoms with Gasteiger partial charge in [-0.3, -0.25) is 58.3 Å². The second-order valence-electron chi connectivity index (χ2n) is 29.4. The van der Waals surface area contributed by atoms with E-state index >= 15 is 0 Å². The molecule has 1 fully saturated rings. The number of carbonyl (C=O) groups is 7. The van der Waals surface area contributed by atoms with Crippen LogP contribution >= 0.6 is 24.8 Å². The number of benzene rings is 2. The highest BCUT2D eigenvalue weighted by Crippen LogP contribution is 2.28. The summed E-state index contributed by atoms with van der Waals surface area (Å²) in [6.07, 6.45) is -8.86. The largest absolute Gasteiger partial charge is 1.00 e. The first kappa shape index (κ1) is 117. The SMILES string of the molecule is CC(C)(CO)[C@@H](O)C(=O)NCCC(=O)O.C[N+](C)(C)CCO.Cc1cc2nc3c(=O)[nH]c(=O)nc-3n(C[C@H](O)[C@H](O)[C@H](O)CO)c2cc1C.Cc1ncc(CO)c(C=O)c1O.Cc1ncc(CO)c(CO)c1O.Cl.Cl.NC(=O)c1cccnc1.Nc1nc(=O)c2nc(CNc3ccc(C(=O)N[C@@H](CCC(=O)O)C(=O)O)cc3)cnc2[nH]1.O[C@H]1[C@H](O)[C@@H](O)[C@H](O)[C@@H](O)[C@H]1O.[Cl-]. The van der Waals surface area contributed by atoms with Crippen LogP contribution in [0, 0.1) is 33.1 Å². The Balaban J connectivity index is 0.00000152. The average molecular weight is 1890 g/mol. The number of aliphatic hydroxyl groups is 16. The van der Waals surface area contributed by atoms with Gasteiger partial charge in [-0.2, -0.15) is 9.97 Å². The topological polar surface area (TPSA) is 823 Å². The molecular weight excluding hydrogens is 1780 g/mol. The van der Waals surface area contributed by atoms with E-state index in [4.69, 9.17) is 88.1 Å². The predicted molar refractivity (Wildman–Crippen MR) is 457 cm³/mol. The number of primary amides is 1. The van der Waals surface area contributed by atoms with Gasteiger partial charge >= 0.3 is 29.2 Å². The standard InChI is InChI=1S/C19H19N7O6.C17H20N4O6.C9H17NO5.C8H11NO3.C8H9NO3.C6H6N2O.C6H12O6.C5H14NO.3ClH/c20-19-25-15-14(17(30)26-19)23-11(8-22-15)7-21-10-3-1-9(2-4-10)16(29)24-12(18(31)32)5-6-13(27)28;1-7-3-9-10(4-8(7)2)21(5-11(23)14(25)12(24)6-22)15-13(18-9)16(26)20-17(27)19-15;1-9(2,5-11)7(14)8(15)10-4-3-6(12)13;2*1-5-8(12)7(4-11)6(3-10)2-9-5;7-6(9)5-2-1-3-8-4-5;7-1-2(8)4(10)6(12)5(11)3(1)9;1-6(2,3)4-5-7;;;/h1-4,8,12,21H,5-7H2,(H,24,29)(H,27,28)(H,31,32)(H3,20,22,25,26,30);3-4,11-12,14,22-25H,5-6H2,1-2H3,(H,20,26,27);7,11,14H,3-5H2,1-2H3,(H,10,15)(H,12,13);2,10-12H,3-4H2,1H3;2,4,10,12H,3H2,1H3;1-4H,(H2,7,9);1-12H;7H,4-5H2,1-3H3;3*1H/q;;;;;;;+1;;;/p-1/t12-;11-,12+,14-;7-;;;;1-,2-,3-,4+,5-,6-;;;;/m000......../s1. The van der Waals surface area contributed by atoms with Crippen LogP contribution in [-0.2, 0) is 52.1 Å². The second-order valence-corrected chi connectivity index (χ2v) is 29.4. The minimum absolute atomic E-state index is 0. The fourth-order valence-electron chi connectivity index (χ4n) is 10.4. The number of aliphatic carboxylic acids is 3. The number of anilines is 2. The summed E-state index contributed by atoms with van der Waals surface area (Å²) in [5, 5.41) is 198. The number of pyridine rings is 3. The maximum atomic E-state index is 12.3. The van der Waals surface area contributed by atoms with Gasteiger partial charge in [0.05, 0.1) is 126 Å². The third-order valence-electron chi connectivity index (χ3n) is 18.2. The number of nitrogens with zero attached hydrogens (tertiary/aromatic N) is 10. The van der Waals surface area contributed by atoms with Gasteiger partial charge in [-0.05, 0) is 93.8 Å². The molecule has 5 aromatic heterocycles. The molecular formula is C78H110Cl3N17O31. The summed E-state index contributed by atoms with van der Waals surface area (Å²) >= 11 is 0. The van der Waals surface area contributed by atoms with Crippen LogP contribution < -0.4 is 56.6 Å². The van der Waals surface area contributed by atoms with Crippen LogP contribution in [-0.4, -0.2) is 329 Å². The first-order chi connectivity index (χ1) is 59.0. The van der Waals surface area contributed by atoms with Crippen LogP contribution in [0.3, 0.4) is 0 Å². The lowest BCUT2D eigenvalue weighted by Crippen LogP contribution is -3.00. The van der Waals surface area contributed by atoms with Crippen molar-refractivity contribution in [1.82, 2.24) is 65.0 Å². The van der Waals surface area contributed by atoms with Crippen molar-refractivity contribution in [1.29, 1.82) is 0 Å². The predicted octanol–water partition coefficient (Wildman–Crippen LogP) is -8.45. The highest BCUT2D eigenvalue weighted by molar-refractivity contribution is 5.97. The number of nitrogens with one attached hydrogen (secondary N) is 5. The first-order valence-corrected chi connectivity index (χ1v) is 37.8. The summed E-state index contributed by atoms with van der Waals surface area (Å²) in [5.41, 5.74) is 14.1. The van der Waals surface area contributed by atoms with Crippen LogP contribution in [0.25, 0.3) is 33.7 Å². The molecule has 7 heterocycles. The quantitative estimate of drug-likeness (QED) is 0.0129. The number of halogens is 3. The van der Waals surface area contributed by atoms with E-state index in [2.05, 4.69) is 86.9 Å². The molecule has 3 aliphatic rings. The molecule has 1 aliphatic carbocycles. The van der Waals surface area contributed by atoms with E-state index in [-0.39, 0.29) is 160 Å². The van der Waals surface area contributed by atoms with Gasteiger partial charge < -0.3 is 161 Å². The molecule has 0 radical (unpaired) electrons. The smallest absolute Gasteiger partial charge is 0.349 e. The molecule has 5 atom stereocenters. The highest BCUT2D eigenvalue weighted by atomic mass is 35.5. The molecule has 0 unspecified atom stereocenters. The maximum Gasteiger partial charge on any atom is 0.349 e. The number of aliphatic hydroxyl groups excluding tert-OH is 16. The van der Waals surface area contributed by atoms with Crippen LogP contribution in [0.5, 0.6) is 11.5 Å². The van der Waals surface area contributed by atoms with E-state index in [1.54, 1.807) is 56.4 Å².